The van der Waals surface area contributed by atoms with Gasteiger partial charge in [0.15, 0.2) is 0 Å². The quantitative estimate of drug-likeness (QED) is 0.844. The number of piperidine rings is 1. The van der Waals surface area contributed by atoms with Crippen molar-refractivity contribution < 1.29 is 0 Å². The number of rotatable bonds is 3. The minimum atomic E-state index is -0.0732. The van der Waals surface area contributed by atoms with E-state index < -0.39 is 0 Å². The Bertz CT molecular complexity index is 623. The average molecular weight is 261 g/mol. The number of hydrogen-bond acceptors (Lipinski definition) is 4. The first-order chi connectivity index (χ1) is 9.26. The number of hydrogen-bond donors (Lipinski definition) is 2. The molecule has 1 unspecified atom stereocenters. The van der Waals surface area contributed by atoms with Crippen LogP contribution >= 0.6 is 0 Å². The van der Waals surface area contributed by atoms with Crippen molar-refractivity contribution in [1.29, 1.82) is 0 Å². The molecule has 0 spiro atoms. The van der Waals surface area contributed by atoms with E-state index >= 15 is 0 Å². The molecule has 0 amide bonds. The van der Waals surface area contributed by atoms with Crippen LogP contribution in [0.5, 0.6) is 0 Å². The molecule has 19 heavy (non-hydrogen) atoms. The Hall–Kier alpha value is -1.69. The molecule has 3 heterocycles. The SMILES string of the molecule is CCc1nc2nc(CC3CCCNC3)cc(=O)n2[nH]1. The first-order valence-corrected chi connectivity index (χ1v) is 6.94. The maximum atomic E-state index is 12.0. The van der Waals surface area contributed by atoms with Gasteiger partial charge in [0.05, 0.1) is 5.69 Å². The Kier molecular flexibility index (Phi) is 3.33. The van der Waals surface area contributed by atoms with Crippen LogP contribution in [-0.2, 0) is 12.8 Å². The molecule has 1 aliphatic heterocycles. The third kappa shape index (κ3) is 2.53. The summed E-state index contributed by atoms with van der Waals surface area (Å²) in [5.74, 6) is 1.86. The largest absolute Gasteiger partial charge is 0.316 e. The molecule has 0 aliphatic carbocycles. The monoisotopic (exact) mass is 261 g/mol. The van der Waals surface area contributed by atoms with Crippen molar-refractivity contribution in [2.75, 3.05) is 13.1 Å². The van der Waals surface area contributed by atoms with Gasteiger partial charge in [0, 0.05) is 12.5 Å². The minimum Gasteiger partial charge on any atom is -0.316 e. The zero-order valence-corrected chi connectivity index (χ0v) is 11.1. The second kappa shape index (κ2) is 5.13. The maximum Gasteiger partial charge on any atom is 0.274 e. The van der Waals surface area contributed by atoms with E-state index in [1.165, 1.54) is 17.4 Å². The summed E-state index contributed by atoms with van der Waals surface area (Å²) >= 11 is 0. The predicted molar refractivity (Wildman–Crippen MR) is 72.3 cm³/mol. The zero-order valence-electron chi connectivity index (χ0n) is 11.1. The van der Waals surface area contributed by atoms with Crippen LogP contribution in [0.2, 0.25) is 0 Å². The summed E-state index contributed by atoms with van der Waals surface area (Å²) in [7, 11) is 0. The number of aromatic nitrogens is 4. The molecule has 1 atom stereocenters. The van der Waals surface area contributed by atoms with Gasteiger partial charge in [-0.1, -0.05) is 6.92 Å². The van der Waals surface area contributed by atoms with Crippen LogP contribution in [0, 0.1) is 5.92 Å². The Morgan fingerprint density at radius 1 is 1.47 bits per heavy atom. The lowest BCUT2D eigenvalue weighted by atomic mass is 9.95. The molecule has 6 heteroatoms. The van der Waals surface area contributed by atoms with Crippen molar-refractivity contribution in [1.82, 2.24) is 24.9 Å². The maximum absolute atomic E-state index is 12.0. The van der Waals surface area contributed by atoms with Gasteiger partial charge in [0.2, 0.25) is 0 Å². The summed E-state index contributed by atoms with van der Waals surface area (Å²) in [6.07, 6.45) is 4.03. The van der Waals surface area contributed by atoms with E-state index in [4.69, 9.17) is 0 Å². The average Bonchev–Trinajstić information content (AvgIpc) is 2.83. The van der Waals surface area contributed by atoms with Crippen LogP contribution in [0.1, 0.15) is 31.3 Å². The lowest BCUT2D eigenvalue weighted by molar-refractivity contribution is 0.373. The topological polar surface area (TPSA) is 75.1 Å². The van der Waals surface area contributed by atoms with E-state index in [9.17, 15) is 4.79 Å². The second-order valence-corrected chi connectivity index (χ2v) is 5.16. The number of aromatic amines is 1. The van der Waals surface area contributed by atoms with E-state index in [1.807, 2.05) is 6.92 Å². The summed E-state index contributed by atoms with van der Waals surface area (Å²) in [5, 5.41) is 6.35. The molecule has 6 nitrogen and oxygen atoms in total. The van der Waals surface area contributed by atoms with Crippen molar-refractivity contribution >= 4 is 5.78 Å². The first kappa shape index (κ1) is 12.3. The molecule has 0 saturated carbocycles. The Labute approximate surface area is 111 Å². The van der Waals surface area contributed by atoms with Gasteiger partial charge >= 0.3 is 0 Å². The molecule has 0 aromatic carbocycles. The van der Waals surface area contributed by atoms with Crippen molar-refractivity contribution in [3.63, 3.8) is 0 Å². The van der Waals surface area contributed by atoms with Crippen LogP contribution in [0.4, 0.5) is 0 Å². The summed E-state index contributed by atoms with van der Waals surface area (Å²) < 4.78 is 1.42. The number of H-pyrrole nitrogens is 1. The molecule has 1 fully saturated rings. The van der Waals surface area contributed by atoms with Gasteiger partial charge in [-0.05, 0) is 38.3 Å². The van der Waals surface area contributed by atoms with Crippen LogP contribution < -0.4 is 10.9 Å². The predicted octanol–water partition coefficient (Wildman–Crippen LogP) is 0.522. The van der Waals surface area contributed by atoms with Gasteiger partial charge in [-0.15, -0.1) is 0 Å². The fourth-order valence-electron chi connectivity index (χ4n) is 2.63. The lowest BCUT2D eigenvalue weighted by Gasteiger charge is -2.22. The highest BCUT2D eigenvalue weighted by molar-refractivity contribution is 5.28. The van der Waals surface area contributed by atoms with Crippen molar-refractivity contribution in [2.24, 2.45) is 5.92 Å². The summed E-state index contributed by atoms with van der Waals surface area (Å²) in [4.78, 5) is 20.8. The van der Waals surface area contributed by atoms with Crippen LogP contribution in [-0.4, -0.2) is 32.7 Å². The van der Waals surface area contributed by atoms with Gasteiger partial charge in [-0.25, -0.2) is 4.98 Å². The van der Waals surface area contributed by atoms with Crippen LogP contribution in [0.15, 0.2) is 10.9 Å². The first-order valence-electron chi connectivity index (χ1n) is 6.94. The molecule has 1 aliphatic rings. The summed E-state index contributed by atoms with van der Waals surface area (Å²) in [6.45, 7) is 4.12. The van der Waals surface area contributed by atoms with Crippen molar-refractivity contribution in [3.8, 4) is 0 Å². The summed E-state index contributed by atoms with van der Waals surface area (Å²) in [6, 6.07) is 1.62. The molecule has 1 saturated heterocycles. The molecule has 2 N–H and O–H groups in total. The van der Waals surface area contributed by atoms with Crippen LogP contribution in [0.3, 0.4) is 0 Å². The minimum absolute atomic E-state index is 0.0732. The van der Waals surface area contributed by atoms with E-state index in [-0.39, 0.29) is 5.56 Å². The highest BCUT2D eigenvalue weighted by Gasteiger charge is 2.15. The molecule has 2 aromatic rings. The van der Waals surface area contributed by atoms with Crippen molar-refractivity contribution in [2.45, 2.75) is 32.6 Å². The normalized spacial score (nSPS) is 19.9. The van der Waals surface area contributed by atoms with Crippen LogP contribution in [0.25, 0.3) is 5.78 Å². The highest BCUT2D eigenvalue weighted by Crippen LogP contribution is 2.14. The number of nitrogens with one attached hydrogen (secondary N) is 2. The summed E-state index contributed by atoms with van der Waals surface area (Å²) in [5.41, 5.74) is 0.781. The zero-order chi connectivity index (χ0) is 13.2. The van der Waals surface area contributed by atoms with Crippen molar-refractivity contribution in [3.05, 3.63) is 27.9 Å². The molecule has 0 radical (unpaired) electrons. The third-order valence-corrected chi connectivity index (χ3v) is 3.66. The van der Waals surface area contributed by atoms with E-state index in [0.717, 1.165) is 37.4 Å². The lowest BCUT2D eigenvalue weighted by Crippen LogP contribution is -2.31. The molecule has 2 aromatic heterocycles. The fraction of sp³-hybridized carbons (Fsp3) is 0.615. The second-order valence-electron chi connectivity index (χ2n) is 5.16. The molecule has 3 rings (SSSR count). The molecule has 0 bridgehead atoms. The van der Waals surface area contributed by atoms with Gasteiger partial charge < -0.3 is 5.32 Å². The van der Waals surface area contributed by atoms with E-state index in [0.29, 0.717) is 11.7 Å². The third-order valence-electron chi connectivity index (χ3n) is 3.66. The highest BCUT2D eigenvalue weighted by atomic mass is 16.1. The van der Waals surface area contributed by atoms with E-state index in [2.05, 4.69) is 20.4 Å². The molecular formula is C13H19N5O. The molecular weight excluding hydrogens is 242 g/mol. The number of aryl methyl sites for hydroxylation is 1. The van der Waals surface area contributed by atoms with Gasteiger partial charge in [-0.2, -0.15) is 9.50 Å². The number of nitrogens with zero attached hydrogens (tertiary/aromatic N) is 3. The van der Waals surface area contributed by atoms with Gasteiger partial charge in [0.1, 0.15) is 5.82 Å². The molecule has 102 valence electrons. The Balaban J connectivity index is 1.89. The standard InChI is InChI=1S/C13H19N5O/c1-2-11-16-13-15-10(7-12(19)18(13)17-11)6-9-4-3-5-14-8-9/h7,9,14H,2-6,8H2,1H3,(H,15,16,17). The smallest absolute Gasteiger partial charge is 0.274 e. The van der Waals surface area contributed by atoms with E-state index in [1.54, 1.807) is 6.07 Å². The Morgan fingerprint density at radius 2 is 2.37 bits per heavy atom. The number of fused-ring (bicyclic) bond motifs is 1. The fourth-order valence-corrected chi connectivity index (χ4v) is 2.63. The Morgan fingerprint density at radius 3 is 3.11 bits per heavy atom. The van der Waals surface area contributed by atoms with Gasteiger partial charge in [0.25, 0.3) is 11.3 Å². The van der Waals surface area contributed by atoms with Gasteiger partial charge in [-0.3, -0.25) is 9.89 Å².